The molecule has 3 unspecified atom stereocenters. The van der Waals surface area contributed by atoms with Crippen LogP contribution in [0.4, 0.5) is 0 Å². The average molecular weight is 241 g/mol. The molecule has 1 fully saturated rings. The molecule has 0 aromatic carbocycles. The molecule has 0 spiro atoms. The van der Waals surface area contributed by atoms with Crippen LogP contribution in [-0.2, 0) is 4.74 Å². The van der Waals surface area contributed by atoms with Crippen LogP contribution in [0.25, 0.3) is 0 Å². The summed E-state index contributed by atoms with van der Waals surface area (Å²) in [7, 11) is 0. The monoisotopic (exact) mass is 241 g/mol. The van der Waals surface area contributed by atoms with Crippen molar-refractivity contribution in [2.45, 2.75) is 71.9 Å². The second kappa shape index (κ2) is 8.10. The van der Waals surface area contributed by atoms with Crippen LogP contribution in [-0.4, -0.2) is 25.3 Å². The number of hydrogen-bond acceptors (Lipinski definition) is 2. The number of hydrogen-bond donors (Lipinski definition) is 1. The zero-order valence-electron chi connectivity index (χ0n) is 12.2. The van der Waals surface area contributed by atoms with Crippen LogP contribution in [0.1, 0.15) is 59.8 Å². The topological polar surface area (TPSA) is 21.3 Å². The third-order valence-electron chi connectivity index (χ3n) is 4.06. The maximum absolute atomic E-state index is 5.72. The van der Waals surface area contributed by atoms with Gasteiger partial charge in [-0.25, -0.2) is 0 Å². The summed E-state index contributed by atoms with van der Waals surface area (Å²) in [4.78, 5) is 0. The molecule has 0 bridgehead atoms. The van der Waals surface area contributed by atoms with Crippen LogP contribution in [0.3, 0.4) is 0 Å². The molecule has 102 valence electrons. The Bertz CT molecular complexity index is 187. The smallest absolute Gasteiger partial charge is 0.0576 e. The van der Waals surface area contributed by atoms with Gasteiger partial charge in [0.05, 0.1) is 6.10 Å². The minimum atomic E-state index is 0.551. The highest BCUT2D eigenvalue weighted by Gasteiger charge is 2.23. The van der Waals surface area contributed by atoms with Gasteiger partial charge in [0, 0.05) is 12.6 Å². The molecule has 2 nitrogen and oxygen atoms in total. The zero-order chi connectivity index (χ0) is 12.7. The van der Waals surface area contributed by atoms with E-state index in [2.05, 4.69) is 33.0 Å². The van der Waals surface area contributed by atoms with E-state index in [9.17, 15) is 0 Å². The fourth-order valence-corrected chi connectivity index (χ4v) is 2.93. The van der Waals surface area contributed by atoms with E-state index < -0.39 is 0 Å². The number of ether oxygens (including phenoxy) is 1. The molecule has 0 aromatic rings. The molecular weight excluding hydrogens is 210 g/mol. The molecule has 0 saturated carbocycles. The van der Waals surface area contributed by atoms with Gasteiger partial charge in [0.15, 0.2) is 0 Å². The Hall–Kier alpha value is -0.0800. The predicted octanol–water partition coefficient (Wildman–Crippen LogP) is 3.61. The van der Waals surface area contributed by atoms with Gasteiger partial charge >= 0.3 is 0 Å². The molecule has 1 N–H and O–H groups in total. The number of nitrogens with one attached hydrogen (secondary N) is 1. The summed E-state index contributed by atoms with van der Waals surface area (Å²) in [5, 5.41) is 3.65. The third kappa shape index (κ3) is 5.39. The van der Waals surface area contributed by atoms with Crippen LogP contribution >= 0.6 is 0 Å². The largest absolute Gasteiger partial charge is 0.378 e. The van der Waals surface area contributed by atoms with E-state index in [0.29, 0.717) is 12.1 Å². The highest BCUT2D eigenvalue weighted by atomic mass is 16.5. The first-order valence-electron chi connectivity index (χ1n) is 7.50. The first-order chi connectivity index (χ1) is 8.15. The van der Waals surface area contributed by atoms with E-state index in [4.69, 9.17) is 4.74 Å². The molecule has 1 aliphatic rings. The van der Waals surface area contributed by atoms with Crippen LogP contribution < -0.4 is 5.32 Å². The minimum absolute atomic E-state index is 0.551. The lowest BCUT2D eigenvalue weighted by atomic mass is 9.84. The van der Waals surface area contributed by atoms with E-state index in [-0.39, 0.29) is 0 Å². The summed E-state index contributed by atoms with van der Waals surface area (Å²) < 4.78 is 5.72. The molecule has 0 amide bonds. The van der Waals surface area contributed by atoms with Crippen molar-refractivity contribution >= 4 is 0 Å². The van der Waals surface area contributed by atoms with Crippen LogP contribution in [0.15, 0.2) is 0 Å². The molecule has 17 heavy (non-hydrogen) atoms. The SMILES string of the molecule is CCCNC(C)C(CCC1CCCO1)C(C)C. The first-order valence-corrected chi connectivity index (χ1v) is 7.50. The maximum atomic E-state index is 5.72. The Balaban J connectivity index is 2.30. The van der Waals surface area contributed by atoms with Crippen molar-refractivity contribution < 1.29 is 4.74 Å². The summed E-state index contributed by atoms with van der Waals surface area (Å²) in [5.74, 6) is 1.54. The molecular formula is C15H31NO. The summed E-state index contributed by atoms with van der Waals surface area (Å²) >= 11 is 0. The quantitative estimate of drug-likeness (QED) is 0.701. The maximum Gasteiger partial charge on any atom is 0.0576 e. The van der Waals surface area contributed by atoms with E-state index in [1.807, 2.05) is 0 Å². The van der Waals surface area contributed by atoms with Crippen molar-refractivity contribution in [2.24, 2.45) is 11.8 Å². The average Bonchev–Trinajstić information content (AvgIpc) is 2.79. The van der Waals surface area contributed by atoms with Crippen molar-refractivity contribution in [2.75, 3.05) is 13.2 Å². The van der Waals surface area contributed by atoms with Crippen molar-refractivity contribution in [1.82, 2.24) is 5.32 Å². The molecule has 2 heteroatoms. The Labute approximate surface area is 108 Å². The van der Waals surface area contributed by atoms with Crippen molar-refractivity contribution in [3.8, 4) is 0 Å². The van der Waals surface area contributed by atoms with Crippen molar-refractivity contribution in [3.63, 3.8) is 0 Å². The normalized spacial score (nSPS) is 24.2. The fourth-order valence-electron chi connectivity index (χ4n) is 2.93. The Morgan fingerprint density at radius 2 is 2.06 bits per heavy atom. The van der Waals surface area contributed by atoms with Gasteiger partial charge < -0.3 is 10.1 Å². The standard InChI is InChI=1S/C15H31NO/c1-5-10-16-13(4)15(12(2)3)9-8-14-7-6-11-17-14/h12-16H,5-11H2,1-4H3. The fraction of sp³-hybridized carbons (Fsp3) is 1.00. The summed E-state index contributed by atoms with van der Waals surface area (Å²) in [5.41, 5.74) is 0. The Morgan fingerprint density at radius 1 is 1.29 bits per heavy atom. The van der Waals surface area contributed by atoms with Crippen LogP contribution in [0.5, 0.6) is 0 Å². The lowest BCUT2D eigenvalue weighted by Crippen LogP contribution is -2.37. The van der Waals surface area contributed by atoms with Crippen molar-refractivity contribution in [1.29, 1.82) is 0 Å². The van der Waals surface area contributed by atoms with Gasteiger partial charge in [-0.2, -0.15) is 0 Å². The van der Waals surface area contributed by atoms with Gasteiger partial charge in [-0.15, -0.1) is 0 Å². The molecule has 0 radical (unpaired) electrons. The van der Waals surface area contributed by atoms with Crippen LogP contribution in [0, 0.1) is 11.8 Å². The highest BCUT2D eigenvalue weighted by molar-refractivity contribution is 4.77. The molecule has 1 aliphatic heterocycles. The molecule has 0 aromatic heterocycles. The third-order valence-corrected chi connectivity index (χ3v) is 4.06. The zero-order valence-corrected chi connectivity index (χ0v) is 12.2. The lowest BCUT2D eigenvalue weighted by Gasteiger charge is -2.29. The van der Waals surface area contributed by atoms with Crippen LogP contribution in [0.2, 0.25) is 0 Å². The lowest BCUT2D eigenvalue weighted by molar-refractivity contribution is 0.0926. The van der Waals surface area contributed by atoms with Gasteiger partial charge in [0.1, 0.15) is 0 Å². The Kier molecular flexibility index (Phi) is 7.14. The van der Waals surface area contributed by atoms with Crippen molar-refractivity contribution in [3.05, 3.63) is 0 Å². The van der Waals surface area contributed by atoms with Gasteiger partial charge in [0.25, 0.3) is 0 Å². The summed E-state index contributed by atoms with van der Waals surface area (Å²) in [6.45, 7) is 11.4. The van der Waals surface area contributed by atoms with E-state index >= 15 is 0 Å². The van der Waals surface area contributed by atoms with Gasteiger partial charge in [-0.05, 0) is 57.4 Å². The second-order valence-corrected chi connectivity index (χ2v) is 5.86. The summed E-state index contributed by atoms with van der Waals surface area (Å²) in [6.07, 6.45) is 6.87. The van der Waals surface area contributed by atoms with Gasteiger partial charge in [-0.3, -0.25) is 0 Å². The van der Waals surface area contributed by atoms with Gasteiger partial charge in [0.2, 0.25) is 0 Å². The molecule has 1 heterocycles. The van der Waals surface area contributed by atoms with E-state index in [0.717, 1.165) is 25.0 Å². The molecule has 0 aliphatic carbocycles. The van der Waals surface area contributed by atoms with Gasteiger partial charge in [-0.1, -0.05) is 20.8 Å². The van der Waals surface area contributed by atoms with E-state index in [1.54, 1.807) is 0 Å². The molecule has 1 saturated heterocycles. The molecule has 1 rings (SSSR count). The Morgan fingerprint density at radius 3 is 2.59 bits per heavy atom. The first kappa shape index (κ1) is 15.0. The summed E-state index contributed by atoms with van der Waals surface area (Å²) in [6, 6.07) is 0.636. The molecule has 3 atom stereocenters. The second-order valence-electron chi connectivity index (χ2n) is 5.86. The minimum Gasteiger partial charge on any atom is -0.378 e. The highest BCUT2D eigenvalue weighted by Crippen LogP contribution is 2.25. The predicted molar refractivity (Wildman–Crippen MR) is 74.3 cm³/mol. The number of rotatable bonds is 8. The van der Waals surface area contributed by atoms with E-state index in [1.165, 1.54) is 32.1 Å².